The van der Waals surface area contributed by atoms with Gasteiger partial charge in [-0.2, -0.15) is 8.42 Å². The summed E-state index contributed by atoms with van der Waals surface area (Å²) in [5, 5.41) is 7.60. The number of benzene rings is 1. The summed E-state index contributed by atoms with van der Waals surface area (Å²) < 4.78 is 29.5. The van der Waals surface area contributed by atoms with Crippen molar-refractivity contribution in [3.63, 3.8) is 0 Å². The molecule has 0 unspecified atom stereocenters. The van der Waals surface area contributed by atoms with E-state index in [4.69, 9.17) is 9.29 Å². The van der Waals surface area contributed by atoms with Crippen molar-refractivity contribution >= 4 is 16.1 Å². The van der Waals surface area contributed by atoms with Crippen molar-refractivity contribution in [3.05, 3.63) is 29.8 Å². The molecule has 7 heteroatoms. The van der Waals surface area contributed by atoms with E-state index in [1.165, 1.54) is 77.0 Å². The fourth-order valence-electron chi connectivity index (χ4n) is 3.37. The van der Waals surface area contributed by atoms with Crippen LogP contribution in [0.1, 0.15) is 102 Å². The minimum absolute atomic E-state index is 0.278. The molecule has 0 atom stereocenters. The van der Waals surface area contributed by atoms with E-state index in [9.17, 15) is 13.2 Å². The number of rotatable bonds is 18. The molecule has 0 saturated carbocycles. The van der Waals surface area contributed by atoms with E-state index in [2.05, 4.69) is 12.7 Å². The van der Waals surface area contributed by atoms with E-state index in [0.29, 0.717) is 0 Å². The normalized spacial score (nSPS) is 11.1. The molecule has 1 rings (SSSR count). The summed E-state index contributed by atoms with van der Waals surface area (Å²) >= 11 is 0. The first kappa shape index (κ1) is 30.6. The second-order valence-electron chi connectivity index (χ2n) is 8.24. The van der Waals surface area contributed by atoms with Crippen molar-refractivity contribution < 1.29 is 22.5 Å². The summed E-state index contributed by atoms with van der Waals surface area (Å²) in [6.07, 6.45) is 18.0. The molecule has 0 aliphatic heterocycles. The third kappa shape index (κ3) is 17.2. The maximum absolute atomic E-state index is 12.2. The molecule has 32 heavy (non-hydrogen) atoms. The standard InChI is InChI=1S/C23H40O3S.C2H5NO2/c1-3-4-5-6-7-8-9-10-11-12-13-14-15-18-21-26-27(24,25)23-20-17-16-19-22(23)2;3-1-2(4)5/h16-17,19-20H,3-15,18,21H2,1-2H3;1,3H2,(H,4,5). The van der Waals surface area contributed by atoms with Gasteiger partial charge in [0.05, 0.1) is 18.0 Å². The Morgan fingerprint density at radius 3 is 1.66 bits per heavy atom. The van der Waals surface area contributed by atoms with Crippen molar-refractivity contribution in [2.24, 2.45) is 5.73 Å². The van der Waals surface area contributed by atoms with Gasteiger partial charge in [0.2, 0.25) is 0 Å². The van der Waals surface area contributed by atoms with Crippen LogP contribution in [0.3, 0.4) is 0 Å². The second-order valence-corrected chi connectivity index (χ2v) is 9.82. The molecule has 0 aliphatic rings. The van der Waals surface area contributed by atoms with Gasteiger partial charge in [-0.25, -0.2) is 0 Å². The fraction of sp³-hybridized carbons (Fsp3) is 0.720. The first-order valence-corrected chi connectivity index (χ1v) is 13.6. The molecule has 186 valence electrons. The minimum atomic E-state index is -3.61. The Hall–Kier alpha value is -1.44. The Morgan fingerprint density at radius 2 is 1.25 bits per heavy atom. The Morgan fingerprint density at radius 1 is 0.844 bits per heavy atom. The Kier molecular flexibility index (Phi) is 19.3. The van der Waals surface area contributed by atoms with Crippen LogP contribution in [0.25, 0.3) is 0 Å². The van der Waals surface area contributed by atoms with Crippen LogP contribution in [-0.2, 0) is 19.1 Å². The van der Waals surface area contributed by atoms with Crippen molar-refractivity contribution in [1.82, 2.24) is 0 Å². The Balaban J connectivity index is 0.00000172. The number of hydrogen-bond donors (Lipinski definition) is 2. The number of unbranched alkanes of at least 4 members (excludes halogenated alkanes) is 13. The molecule has 0 spiro atoms. The van der Waals surface area contributed by atoms with E-state index in [-0.39, 0.29) is 18.0 Å². The minimum Gasteiger partial charge on any atom is -0.480 e. The highest BCUT2D eigenvalue weighted by Gasteiger charge is 2.16. The molecular formula is C25H45NO5S. The molecular weight excluding hydrogens is 426 g/mol. The zero-order valence-electron chi connectivity index (χ0n) is 20.2. The number of carboxylic acids is 1. The molecule has 1 aromatic rings. The zero-order valence-corrected chi connectivity index (χ0v) is 21.0. The molecule has 0 amide bonds. The number of aliphatic carboxylic acids is 1. The summed E-state index contributed by atoms with van der Waals surface area (Å²) in [5.41, 5.74) is 5.31. The molecule has 3 N–H and O–H groups in total. The van der Waals surface area contributed by atoms with Gasteiger partial charge in [0.15, 0.2) is 0 Å². The zero-order chi connectivity index (χ0) is 24.1. The lowest BCUT2D eigenvalue weighted by Gasteiger charge is -2.08. The van der Waals surface area contributed by atoms with Crippen LogP contribution in [0.4, 0.5) is 0 Å². The smallest absolute Gasteiger partial charge is 0.317 e. The van der Waals surface area contributed by atoms with Gasteiger partial charge < -0.3 is 10.8 Å². The number of aryl methyl sites for hydroxylation is 1. The summed E-state index contributed by atoms with van der Waals surface area (Å²) in [4.78, 5) is 9.53. The van der Waals surface area contributed by atoms with Gasteiger partial charge in [0.1, 0.15) is 0 Å². The molecule has 0 bridgehead atoms. The average molecular weight is 472 g/mol. The molecule has 0 aliphatic carbocycles. The van der Waals surface area contributed by atoms with Crippen LogP contribution in [0.15, 0.2) is 29.2 Å². The largest absolute Gasteiger partial charge is 0.480 e. The first-order valence-electron chi connectivity index (χ1n) is 12.2. The van der Waals surface area contributed by atoms with E-state index in [1.807, 2.05) is 6.07 Å². The molecule has 6 nitrogen and oxygen atoms in total. The van der Waals surface area contributed by atoms with Gasteiger partial charge in [0, 0.05) is 0 Å². The first-order chi connectivity index (χ1) is 15.3. The van der Waals surface area contributed by atoms with Crippen LogP contribution >= 0.6 is 0 Å². The predicted octanol–water partition coefficient (Wildman–Crippen LogP) is 6.21. The van der Waals surface area contributed by atoms with Crippen molar-refractivity contribution in [3.8, 4) is 0 Å². The van der Waals surface area contributed by atoms with Crippen LogP contribution < -0.4 is 5.73 Å². The van der Waals surface area contributed by atoms with E-state index >= 15 is 0 Å². The molecule has 0 saturated heterocycles. The maximum Gasteiger partial charge on any atom is 0.317 e. The summed E-state index contributed by atoms with van der Waals surface area (Å²) in [7, 11) is -3.61. The molecule has 0 fully saturated rings. The van der Waals surface area contributed by atoms with Crippen molar-refractivity contribution in [2.75, 3.05) is 13.2 Å². The van der Waals surface area contributed by atoms with Crippen molar-refractivity contribution in [2.45, 2.75) is 109 Å². The number of hydrogen-bond acceptors (Lipinski definition) is 5. The number of nitrogens with two attached hydrogens (primary N) is 1. The van der Waals surface area contributed by atoms with Gasteiger partial charge in [-0.1, -0.05) is 109 Å². The van der Waals surface area contributed by atoms with Crippen LogP contribution in [0.5, 0.6) is 0 Å². The molecule has 0 heterocycles. The summed E-state index contributed by atoms with van der Waals surface area (Å²) in [6, 6.07) is 6.97. The highest BCUT2D eigenvalue weighted by molar-refractivity contribution is 7.86. The number of carboxylic acid groups (broad SMARTS) is 1. The molecule has 0 radical (unpaired) electrons. The SMILES string of the molecule is CCCCCCCCCCCCCCCCOS(=O)(=O)c1ccccc1C.NCC(=O)O. The average Bonchev–Trinajstić information content (AvgIpc) is 2.77. The van der Waals surface area contributed by atoms with Crippen LogP contribution in [-0.4, -0.2) is 32.6 Å². The molecule has 0 aromatic heterocycles. The Labute approximate surface area is 196 Å². The van der Waals surface area contributed by atoms with E-state index in [0.717, 1.165) is 18.4 Å². The lowest BCUT2D eigenvalue weighted by Crippen LogP contribution is -2.10. The van der Waals surface area contributed by atoms with Crippen LogP contribution in [0, 0.1) is 6.92 Å². The second kappa shape index (κ2) is 20.2. The van der Waals surface area contributed by atoms with Gasteiger partial charge >= 0.3 is 5.97 Å². The predicted molar refractivity (Wildman–Crippen MR) is 131 cm³/mol. The van der Waals surface area contributed by atoms with Gasteiger partial charge in [0.25, 0.3) is 10.1 Å². The lowest BCUT2D eigenvalue weighted by atomic mass is 10.0. The monoisotopic (exact) mass is 471 g/mol. The lowest BCUT2D eigenvalue weighted by molar-refractivity contribution is -0.135. The number of carbonyl (C=O) groups is 1. The van der Waals surface area contributed by atoms with E-state index < -0.39 is 16.1 Å². The quantitative estimate of drug-likeness (QED) is 0.195. The highest BCUT2D eigenvalue weighted by Crippen LogP contribution is 2.18. The van der Waals surface area contributed by atoms with Gasteiger partial charge in [-0.3, -0.25) is 8.98 Å². The van der Waals surface area contributed by atoms with Crippen LogP contribution in [0.2, 0.25) is 0 Å². The van der Waals surface area contributed by atoms with Crippen molar-refractivity contribution in [1.29, 1.82) is 0 Å². The Bertz CT molecular complexity index is 691. The fourth-order valence-corrected chi connectivity index (χ4v) is 4.54. The van der Waals surface area contributed by atoms with E-state index in [1.54, 1.807) is 25.1 Å². The molecule has 1 aromatic carbocycles. The maximum atomic E-state index is 12.2. The van der Waals surface area contributed by atoms with Gasteiger partial charge in [-0.15, -0.1) is 0 Å². The topological polar surface area (TPSA) is 107 Å². The third-order valence-electron chi connectivity index (χ3n) is 5.27. The third-order valence-corrected chi connectivity index (χ3v) is 6.75. The van der Waals surface area contributed by atoms with Gasteiger partial charge in [-0.05, 0) is 25.0 Å². The summed E-state index contributed by atoms with van der Waals surface area (Å²) in [5.74, 6) is -0.968. The summed E-state index contributed by atoms with van der Waals surface area (Å²) in [6.45, 7) is 4.07. The highest BCUT2D eigenvalue weighted by atomic mass is 32.2.